The molecule has 2 atom stereocenters. The number of likely N-dealkylation sites (N-methyl/N-ethyl adjacent to an activating group) is 1. The first-order chi connectivity index (χ1) is 28.1. The van der Waals surface area contributed by atoms with E-state index in [0.29, 0.717) is 12.8 Å². The van der Waals surface area contributed by atoms with Crippen molar-refractivity contribution in [2.24, 2.45) is 0 Å². The number of esters is 2. The molecule has 0 heterocycles. The number of carbonyl (C=O) groups excluding carboxylic acids is 3. The van der Waals surface area contributed by atoms with Crippen LogP contribution in [0.2, 0.25) is 0 Å². The number of ether oxygens (including phenoxy) is 3. The molecule has 0 aliphatic rings. The molecule has 0 amide bonds. The highest BCUT2D eigenvalue weighted by Gasteiger charge is 2.25. The molecular formula is C50H89NO7. The average Bonchev–Trinajstić information content (AvgIpc) is 3.18. The smallest absolute Gasteiger partial charge is 0.306 e. The number of hydrogen-bond acceptors (Lipinski definition) is 7. The third-order valence-electron chi connectivity index (χ3n) is 10.5. The maximum absolute atomic E-state index is 12.7. The summed E-state index contributed by atoms with van der Waals surface area (Å²) in [4.78, 5) is 36.9. The van der Waals surface area contributed by atoms with Crippen molar-refractivity contribution in [2.75, 3.05) is 41.0 Å². The lowest BCUT2D eigenvalue weighted by Crippen LogP contribution is -2.55. The van der Waals surface area contributed by atoms with Crippen LogP contribution in [0.4, 0.5) is 0 Å². The van der Waals surface area contributed by atoms with E-state index in [1.54, 1.807) is 21.1 Å². The summed E-state index contributed by atoms with van der Waals surface area (Å²) in [6.07, 6.45) is 48.4. The maximum Gasteiger partial charge on any atom is 0.306 e. The molecule has 0 saturated carbocycles. The number of rotatable bonds is 42. The van der Waals surface area contributed by atoms with Crippen LogP contribution in [0, 0.1) is 0 Å². The second kappa shape index (κ2) is 41.0. The van der Waals surface area contributed by atoms with Crippen molar-refractivity contribution in [3.8, 4) is 0 Å². The molecule has 0 radical (unpaired) electrons. The zero-order chi connectivity index (χ0) is 42.8. The number of aliphatic carboxylic acids is 1. The minimum atomic E-state index is -1.13. The molecule has 0 rings (SSSR count). The minimum absolute atomic E-state index is 0.0359. The van der Waals surface area contributed by atoms with Crippen molar-refractivity contribution in [1.82, 2.24) is 0 Å². The number of allylic oxidation sites excluding steroid dienone is 8. The van der Waals surface area contributed by atoms with Crippen molar-refractivity contribution in [2.45, 2.75) is 212 Å². The second-order valence-electron chi connectivity index (χ2n) is 17.0. The Morgan fingerprint density at radius 2 is 0.966 bits per heavy atom. The first kappa shape index (κ1) is 55.3. The van der Waals surface area contributed by atoms with E-state index < -0.39 is 18.1 Å². The van der Waals surface area contributed by atoms with Crippen LogP contribution in [-0.2, 0) is 28.6 Å². The van der Waals surface area contributed by atoms with Gasteiger partial charge in [0.15, 0.2) is 6.10 Å². The molecular weight excluding hydrogens is 727 g/mol. The molecule has 0 aliphatic heterocycles. The Morgan fingerprint density at radius 1 is 0.534 bits per heavy atom. The Bertz CT molecular complexity index is 1090. The highest BCUT2D eigenvalue weighted by Crippen LogP contribution is 2.15. The second-order valence-corrected chi connectivity index (χ2v) is 17.0. The van der Waals surface area contributed by atoms with Crippen molar-refractivity contribution in [1.29, 1.82) is 0 Å². The molecule has 0 aromatic rings. The minimum Gasteiger partial charge on any atom is -0.544 e. The molecule has 0 saturated heterocycles. The fourth-order valence-electron chi connectivity index (χ4n) is 6.83. The Morgan fingerprint density at radius 3 is 1.43 bits per heavy atom. The Balaban J connectivity index is 4.32. The van der Waals surface area contributed by atoms with Crippen LogP contribution in [0.15, 0.2) is 48.6 Å². The number of carboxylic acids is 1. The van der Waals surface area contributed by atoms with Gasteiger partial charge in [0.2, 0.25) is 0 Å². The highest BCUT2D eigenvalue weighted by atomic mass is 16.6. The summed E-state index contributed by atoms with van der Waals surface area (Å²) in [6.45, 7) is 4.55. The van der Waals surface area contributed by atoms with Gasteiger partial charge in [-0.15, -0.1) is 0 Å². The summed E-state index contributed by atoms with van der Waals surface area (Å²) in [5.41, 5.74) is 0. The zero-order valence-corrected chi connectivity index (χ0v) is 38.2. The number of quaternary nitrogens is 1. The molecule has 58 heavy (non-hydrogen) atoms. The summed E-state index contributed by atoms with van der Waals surface area (Å²) in [6, 6.07) is -0.728. The van der Waals surface area contributed by atoms with E-state index in [0.717, 1.165) is 77.0 Å². The molecule has 2 unspecified atom stereocenters. The third-order valence-corrected chi connectivity index (χ3v) is 10.5. The fourth-order valence-corrected chi connectivity index (χ4v) is 6.83. The average molecular weight is 816 g/mol. The quantitative estimate of drug-likeness (QED) is 0.0262. The monoisotopic (exact) mass is 816 g/mol. The van der Waals surface area contributed by atoms with E-state index in [4.69, 9.17) is 14.2 Å². The van der Waals surface area contributed by atoms with Gasteiger partial charge < -0.3 is 28.6 Å². The van der Waals surface area contributed by atoms with Crippen LogP contribution in [0.1, 0.15) is 200 Å². The van der Waals surface area contributed by atoms with E-state index in [9.17, 15) is 19.5 Å². The summed E-state index contributed by atoms with van der Waals surface area (Å²) in [5.74, 6) is -1.75. The van der Waals surface area contributed by atoms with Crippen molar-refractivity contribution < 1.29 is 38.2 Å². The number of carbonyl (C=O) groups is 3. The van der Waals surface area contributed by atoms with Crippen LogP contribution < -0.4 is 5.11 Å². The van der Waals surface area contributed by atoms with Crippen LogP contribution in [-0.4, -0.2) is 75.5 Å². The van der Waals surface area contributed by atoms with E-state index in [1.807, 2.05) is 0 Å². The molecule has 0 aromatic heterocycles. The molecule has 336 valence electrons. The number of carboxylic acid groups (broad SMARTS) is 1. The van der Waals surface area contributed by atoms with Gasteiger partial charge in [-0.05, 0) is 51.4 Å². The van der Waals surface area contributed by atoms with Gasteiger partial charge in [-0.1, -0.05) is 178 Å². The summed E-state index contributed by atoms with van der Waals surface area (Å²) in [5, 5.41) is 11.6. The van der Waals surface area contributed by atoms with E-state index >= 15 is 0 Å². The first-order valence-corrected chi connectivity index (χ1v) is 23.7. The van der Waals surface area contributed by atoms with Crippen LogP contribution in [0.3, 0.4) is 0 Å². The van der Waals surface area contributed by atoms with Crippen molar-refractivity contribution in [3.05, 3.63) is 48.6 Å². The summed E-state index contributed by atoms with van der Waals surface area (Å²) >= 11 is 0. The van der Waals surface area contributed by atoms with Gasteiger partial charge in [-0.3, -0.25) is 9.59 Å². The Kier molecular flexibility index (Phi) is 39.1. The van der Waals surface area contributed by atoms with Gasteiger partial charge in [0.05, 0.1) is 40.3 Å². The Labute approximate surface area is 356 Å². The number of hydrogen-bond donors (Lipinski definition) is 0. The van der Waals surface area contributed by atoms with Crippen molar-refractivity contribution in [3.63, 3.8) is 0 Å². The molecule has 0 aromatic carbocycles. The molecule has 0 fully saturated rings. The van der Waals surface area contributed by atoms with Crippen molar-refractivity contribution >= 4 is 17.9 Å². The number of unbranched alkanes of at least 4 members (excludes halogenated alkanes) is 20. The fraction of sp³-hybridized carbons (Fsp3) is 0.780. The topological polar surface area (TPSA) is 102 Å². The number of nitrogens with zero attached hydrogens (tertiary/aromatic N) is 1. The summed E-state index contributed by atoms with van der Waals surface area (Å²) in [7, 11) is 5.41. The zero-order valence-electron chi connectivity index (χ0n) is 38.2. The molecule has 8 nitrogen and oxygen atoms in total. The third kappa shape index (κ3) is 38.8. The largest absolute Gasteiger partial charge is 0.544 e. The van der Waals surface area contributed by atoms with Gasteiger partial charge in [0.1, 0.15) is 12.6 Å². The first-order valence-electron chi connectivity index (χ1n) is 23.7. The molecule has 8 heteroatoms. The predicted molar refractivity (Wildman–Crippen MR) is 240 cm³/mol. The van der Waals surface area contributed by atoms with E-state index in [2.05, 4.69) is 62.5 Å². The normalized spacial score (nSPS) is 13.3. The SMILES string of the molecule is CC/C=C/C/C=C/C/C=C/C/C=C/CCCCCCCCC(=O)OC(COCCC(C(=O)[O-])[N+](C)(C)C)COC(=O)CCCCCCCCCCCCCCCCC. The van der Waals surface area contributed by atoms with Crippen LogP contribution in [0.5, 0.6) is 0 Å². The predicted octanol–water partition coefficient (Wildman–Crippen LogP) is 11.9. The lowest BCUT2D eigenvalue weighted by Gasteiger charge is -2.34. The van der Waals surface area contributed by atoms with Crippen LogP contribution >= 0.6 is 0 Å². The van der Waals surface area contributed by atoms with Gasteiger partial charge in [-0.2, -0.15) is 0 Å². The van der Waals surface area contributed by atoms with Gasteiger partial charge in [-0.25, -0.2) is 0 Å². The summed E-state index contributed by atoms with van der Waals surface area (Å²) < 4.78 is 17.2. The highest BCUT2D eigenvalue weighted by molar-refractivity contribution is 5.70. The molecule has 0 N–H and O–H groups in total. The molecule has 0 bridgehead atoms. The van der Waals surface area contributed by atoms with Gasteiger partial charge >= 0.3 is 11.9 Å². The lowest BCUT2D eigenvalue weighted by molar-refractivity contribution is -0.889. The van der Waals surface area contributed by atoms with Crippen LogP contribution in [0.25, 0.3) is 0 Å². The Hall–Kier alpha value is -2.71. The molecule has 0 spiro atoms. The van der Waals surface area contributed by atoms with E-state index in [1.165, 1.54) is 89.9 Å². The van der Waals surface area contributed by atoms with Gasteiger partial charge in [0.25, 0.3) is 0 Å². The standard InChI is InChI=1S/C50H89NO7/c1-6-8-10-12-14-16-18-20-22-23-24-25-27-29-31-33-35-37-39-41-49(53)58-46(44-56-43-42-47(50(54)55)51(3,4)5)45-57-48(52)40-38-36-34-32-30-28-26-21-19-17-15-13-11-9-7-2/h8,10,14,16,20,22,24-25,46-47H,6-7,9,11-13,15,17-19,21,23,26-45H2,1-5H3/b10-8+,16-14+,22-20+,25-24+. The van der Waals surface area contributed by atoms with Gasteiger partial charge in [0, 0.05) is 19.3 Å². The lowest BCUT2D eigenvalue weighted by atomic mass is 10.0. The molecule has 0 aliphatic carbocycles. The van der Waals surface area contributed by atoms with E-state index in [-0.39, 0.29) is 42.7 Å². The maximum atomic E-state index is 12.7.